The van der Waals surface area contributed by atoms with Crippen LogP contribution in [0.4, 0.5) is 0 Å². The average Bonchev–Trinajstić information content (AvgIpc) is 2.66. The van der Waals surface area contributed by atoms with Crippen molar-refractivity contribution < 1.29 is 4.74 Å². The summed E-state index contributed by atoms with van der Waals surface area (Å²) in [5, 5.41) is 0. The van der Waals surface area contributed by atoms with Crippen LogP contribution in [0.3, 0.4) is 0 Å². The van der Waals surface area contributed by atoms with Crippen LogP contribution < -0.4 is 11.2 Å². The lowest BCUT2D eigenvalue weighted by Gasteiger charge is -2.14. The Labute approximate surface area is 86.7 Å². The Balaban J connectivity index is 2.24. The summed E-state index contributed by atoms with van der Waals surface area (Å²) in [6.45, 7) is 2.06. The van der Waals surface area contributed by atoms with Gasteiger partial charge in [0.1, 0.15) is 6.23 Å². The first-order valence-corrected chi connectivity index (χ1v) is 5.17. The lowest BCUT2D eigenvalue weighted by molar-refractivity contribution is -0.00200. The zero-order valence-electron chi connectivity index (χ0n) is 8.60. The summed E-state index contributed by atoms with van der Waals surface area (Å²) in [4.78, 5) is 24.5. The zero-order chi connectivity index (χ0) is 10.8. The lowest BCUT2D eigenvalue weighted by atomic mass is 10.2. The van der Waals surface area contributed by atoms with Gasteiger partial charge in [0.05, 0.1) is 6.10 Å². The maximum Gasteiger partial charge on any atom is 0.330 e. The highest BCUT2D eigenvalue weighted by molar-refractivity contribution is 4.85. The molecule has 0 aliphatic carbocycles. The number of nitrogens with zero attached hydrogens (tertiary/aromatic N) is 1. The summed E-state index contributed by atoms with van der Waals surface area (Å²) in [6.07, 6.45) is 4.24. The largest absolute Gasteiger partial charge is 0.355 e. The number of hydrogen-bond acceptors (Lipinski definition) is 3. The number of rotatable bonds is 2. The highest BCUT2D eigenvalue weighted by Crippen LogP contribution is 2.28. The van der Waals surface area contributed by atoms with Gasteiger partial charge < -0.3 is 4.74 Å². The van der Waals surface area contributed by atoms with Crippen LogP contribution in [-0.4, -0.2) is 15.7 Å². The second kappa shape index (κ2) is 4.02. The SMILES string of the molecule is CC[C@@H]1CC[C@H](n2ccc(=O)[nH]c2=O)O1. The van der Waals surface area contributed by atoms with Crippen molar-refractivity contribution in [1.82, 2.24) is 9.55 Å². The third kappa shape index (κ3) is 2.02. The van der Waals surface area contributed by atoms with Gasteiger partial charge in [0.2, 0.25) is 0 Å². The number of hydrogen-bond donors (Lipinski definition) is 1. The fourth-order valence-electron chi connectivity index (χ4n) is 1.85. The van der Waals surface area contributed by atoms with E-state index in [-0.39, 0.29) is 17.9 Å². The summed E-state index contributed by atoms with van der Waals surface area (Å²) in [7, 11) is 0. The zero-order valence-corrected chi connectivity index (χ0v) is 8.60. The van der Waals surface area contributed by atoms with Gasteiger partial charge in [-0.05, 0) is 19.3 Å². The first-order valence-electron chi connectivity index (χ1n) is 5.17. The van der Waals surface area contributed by atoms with Crippen LogP contribution >= 0.6 is 0 Å². The van der Waals surface area contributed by atoms with Crippen LogP contribution in [0.1, 0.15) is 32.4 Å². The van der Waals surface area contributed by atoms with Crippen LogP contribution in [0.15, 0.2) is 21.9 Å². The minimum Gasteiger partial charge on any atom is -0.355 e. The van der Waals surface area contributed by atoms with Crippen LogP contribution in [0.25, 0.3) is 0 Å². The van der Waals surface area contributed by atoms with Gasteiger partial charge >= 0.3 is 5.69 Å². The quantitative estimate of drug-likeness (QED) is 0.778. The molecular weight excluding hydrogens is 196 g/mol. The normalized spacial score (nSPS) is 25.7. The third-order valence-corrected chi connectivity index (χ3v) is 2.70. The van der Waals surface area contributed by atoms with Gasteiger partial charge in [0.25, 0.3) is 5.56 Å². The predicted molar refractivity (Wildman–Crippen MR) is 54.8 cm³/mol. The average molecular weight is 210 g/mol. The van der Waals surface area contributed by atoms with Crippen molar-refractivity contribution >= 4 is 0 Å². The van der Waals surface area contributed by atoms with E-state index >= 15 is 0 Å². The Hall–Kier alpha value is -1.36. The molecule has 0 spiro atoms. The van der Waals surface area contributed by atoms with E-state index in [1.165, 1.54) is 16.8 Å². The Morgan fingerprint density at radius 1 is 1.53 bits per heavy atom. The maximum absolute atomic E-state index is 11.4. The maximum atomic E-state index is 11.4. The molecule has 82 valence electrons. The van der Waals surface area contributed by atoms with Gasteiger partial charge in [-0.1, -0.05) is 6.92 Å². The standard InChI is InChI=1S/C10H14N2O3/c1-2-7-3-4-9(15-7)12-6-5-8(13)11-10(12)14/h5-7,9H,2-4H2,1H3,(H,11,13,14)/t7-,9-/m1/s1. The molecule has 0 unspecified atom stereocenters. The van der Waals surface area contributed by atoms with Crippen LogP contribution in [0.5, 0.6) is 0 Å². The Kier molecular flexibility index (Phi) is 2.73. The molecule has 0 bridgehead atoms. The molecule has 1 aliphatic rings. The number of aromatic amines is 1. The molecule has 0 radical (unpaired) electrons. The van der Waals surface area contributed by atoms with E-state index in [1.807, 2.05) is 0 Å². The summed E-state index contributed by atoms with van der Waals surface area (Å²) < 4.78 is 7.10. The Bertz CT molecular complexity index is 448. The molecular formula is C10H14N2O3. The van der Waals surface area contributed by atoms with Crippen molar-refractivity contribution in [3.05, 3.63) is 33.1 Å². The second-order valence-electron chi connectivity index (χ2n) is 3.72. The van der Waals surface area contributed by atoms with Gasteiger partial charge in [-0.3, -0.25) is 14.3 Å². The van der Waals surface area contributed by atoms with E-state index in [1.54, 1.807) is 0 Å². The molecule has 1 aromatic rings. The van der Waals surface area contributed by atoms with Crippen LogP contribution in [-0.2, 0) is 4.74 Å². The van der Waals surface area contributed by atoms with Gasteiger partial charge in [-0.25, -0.2) is 4.79 Å². The molecule has 5 heteroatoms. The molecule has 1 aliphatic heterocycles. The fraction of sp³-hybridized carbons (Fsp3) is 0.600. The highest BCUT2D eigenvalue weighted by Gasteiger charge is 2.25. The van der Waals surface area contributed by atoms with Gasteiger partial charge in [0, 0.05) is 12.3 Å². The monoisotopic (exact) mass is 210 g/mol. The van der Waals surface area contributed by atoms with E-state index in [2.05, 4.69) is 11.9 Å². The van der Waals surface area contributed by atoms with Crippen molar-refractivity contribution in [2.45, 2.75) is 38.5 Å². The second-order valence-corrected chi connectivity index (χ2v) is 3.72. The van der Waals surface area contributed by atoms with Crippen LogP contribution in [0, 0.1) is 0 Å². The number of ether oxygens (including phenoxy) is 1. The van der Waals surface area contributed by atoms with Gasteiger partial charge in [0.15, 0.2) is 0 Å². The predicted octanol–water partition coefficient (Wildman–Crippen LogP) is 0.624. The molecule has 2 atom stereocenters. The Morgan fingerprint density at radius 2 is 2.33 bits per heavy atom. The van der Waals surface area contributed by atoms with E-state index in [9.17, 15) is 9.59 Å². The van der Waals surface area contributed by atoms with Crippen molar-refractivity contribution in [1.29, 1.82) is 0 Å². The first-order chi connectivity index (χ1) is 7.20. The topological polar surface area (TPSA) is 64.1 Å². The minimum absolute atomic E-state index is 0.223. The van der Waals surface area contributed by atoms with Crippen molar-refractivity contribution in [2.75, 3.05) is 0 Å². The van der Waals surface area contributed by atoms with Gasteiger partial charge in [-0.2, -0.15) is 0 Å². The molecule has 1 fully saturated rings. The number of nitrogens with one attached hydrogen (secondary N) is 1. The summed E-state index contributed by atoms with van der Waals surface area (Å²) in [6, 6.07) is 1.34. The first kappa shape index (κ1) is 10.2. The molecule has 5 nitrogen and oxygen atoms in total. The van der Waals surface area contributed by atoms with E-state index in [0.29, 0.717) is 0 Å². The van der Waals surface area contributed by atoms with E-state index < -0.39 is 5.69 Å². The van der Waals surface area contributed by atoms with E-state index in [0.717, 1.165) is 19.3 Å². The number of aromatic nitrogens is 2. The molecule has 2 rings (SSSR count). The lowest BCUT2D eigenvalue weighted by Crippen LogP contribution is -2.31. The minimum atomic E-state index is -0.399. The van der Waals surface area contributed by atoms with Crippen molar-refractivity contribution in [3.8, 4) is 0 Å². The molecule has 2 heterocycles. The smallest absolute Gasteiger partial charge is 0.330 e. The summed E-state index contributed by atoms with van der Waals surface area (Å²) in [5.41, 5.74) is -0.773. The third-order valence-electron chi connectivity index (χ3n) is 2.70. The van der Waals surface area contributed by atoms with Gasteiger partial charge in [-0.15, -0.1) is 0 Å². The highest BCUT2D eigenvalue weighted by atomic mass is 16.5. The molecule has 0 aromatic carbocycles. The van der Waals surface area contributed by atoms with Crippen LogP contribution in [0.2, 0.25) is 0 Å². The molecule has 0 saturated carbocycles. The summed E-state index contributed by atoms with van der Waals surface area (Å²) in [5.74, 6) is 0. The summed E-state index contributed by atoms with van der Waals surface area (Å²) >= 11 is 0. The van der Waals surface area contributed by atoms with Crippen molar-refractivity contribution in [3.63, 3.8) is 0 Å². The molecule has 1 saturated heterocycles. The number of H-pyrrole nitrogens is 1. The van der Waals surface area contributed by atoms with E-state index in [4.69, 9.17) is 4.74 Å². The molecule has 0 amide bonds. The molecule has 15 heavy (non-hydrogen) atoms. The Morgan fingerprint density at radius 3 is 2.93 bits per heavy atom. The van der Waals surface area contributed by atoms with Crippen molar-refractivity contribution in [2.24, 2.45) is 0 Å². The molecule has 1 N–H and O–H groups in total. The molecule has 1 aromatic heterocycles. The fourth-order valence-corrected chi connectivity index (χ4v) is 1.85.